The van der Waals surface area contributed by atoms with Gasteiger partial charge in [0.25, 0.3) is 11.6 Å². The van der Waals surface area contributed by atoms with Crippen molar-refractivity contribution in [2.24, 2.45) is 0 Å². The molecule has 5 rings (SSSR count). The summed E-state index contributed by atoms with van der Waals surface area (Å²) >= 11 is 0. The third-order valence-corrected chi connectivity index (χ3v) is 5.82. The number of aromatic nitrogens is 3. The molecule has 0 atom stereocenters. The van der Waals surface area contributed by atoms with Crippen LogP contribution >= 0.6 is 0 Å². The highest BCUT2D eigenvalue weighted by Gasteiger charge is 2.25. The summed E-state index contributed by atoms with van der Waals surface area (Å²) in [5, 5.41) is 15.9. The number of nitro benzene ring substituents is 1. The molecule has 1 aliphatic rings. The molecule has 0 bridgehead atoms. The Labute approximate surface area is 195 Å². The van der Waals surface area contributed by atoms with Gasteiger partial charge in [-0.25, -0.2) is 0 Å². The number of piperazine rings is 1. The van der Waals surface area contributed by atoms with E-state index < -0.39 is 0 Å². The molecule has 1 fully saturated rings. The molecular formula is C24H22N6O4. The monoisotopic (exact) mass is 458 g/mol. The summed E-state index contributed by atoms with van der Waals surface area (Å²) in [5.74, 6) is 1.41. The largest absolute Gasteiger partial charge is 0.497 e. The minimum atomic E-state index is -0.368. The van der Waals surface area contributed by atoms with Gasteiger partial charge in [-0.3, -0.25) is 15.1 Å². The zero-order valence-electron chi connectivity index (χ0n) is 18.5. The number of hydrogen-bond acceptors (Lipinski definition) is 9. The third-order valence-electron chi connectivity index (χ3n) is 5.82. The maximum atomic E-state index is 11.9. The van der Waals surface area contributed by atoms with E-state index in [9.17, 15) is 10.1 Å². The molecule has 2 aromatic carbocycles. The molecule has 1 saturated heterocycles. The smallest absolute Gasteiger partial charge is 0.293 e. The van der Waals surface area contributed by atoms with Crippen molar-refractivity contribution in [3.8, 4) is 28.6 Å². The Kier molecular flexibility index (Phi) is 5.77. The molecule has 4 aromatic rings. The predicted octanol–water partition coefficient (Wildman–Crippen LogP) is 4.04. The molecule has 0 spiro atoms. The molecule has 2 aromatic heterocycles. The van der Waals surface area contributed by atoms with Crippen molar-refractivity contribution < 1.29 is 14.2 Å². The van der Waals surface area contributed by atoms with Crippen molar-refractivity contribution in [3.05, 3.63) is 77.1 Å². The minimum Gasteiger partial charge on any atom is -0.497 e. The van der Waals surface area contributed by atoms with E-state index in [0.717, 1.165) is 24.5 Å². The van der Waals surface area contributed by atoms with Crippen molar-refractivity contribution in [3.63, 3.8) is 0 Å². The van der Waals surface area contributed by atoms with Gasteiger partial charge in [-0.1, -0.05) is 5.16 Å². The number of methoxy groups -OCH3 is 1. The van der Waals surface area contributed by atoms with E-state index in [4.69, 9.17) is 9.26 Å². The Morgan fingerprint density at radius 1 is 1.00 bits per heavy atom. The SMILES string of the molecule is COc1ccc(N2CCN(c3ccc(-c4nc(-c5cccnc5)no4)cc3[N+](=O)[O-])CC2)cc1. The average molecular weight is 458 g/mol. The van der Waals surface area contributed by atoms with Crippen LogP contribution in [0, 0.1) is 10.1 Å². The lowest BCUT2D eigenvalue weighted by molar-refractivity contribution is -0.384. The number of benzene rings is 2. The lowest BCUT2D eigenvalue weighted by Crippen LogP contribution is -2.46. The van der Waals surface area contributed by atoms with Gasteiger partial charge in [0, 0.05) is 61.5 Å². The lowest BCUT2D eigenvalue weighted by Gasteiger charge is -2.37. The number of hydrogen-bond donors (Lipinski definition) is 0. The van der Waals surface area contributed by atoms with Gasteiger partial charge < -0.3 is 19.1 Å². The first-order chi connectivity index (χ1) is 16.6. The highest BCUT2D eigenvalue weighted by molar-refractivity contribution is 5.72. The van der Waals surface area contributed by atoms with Crippen molar-refractivity contribution in [1.82, 2.24) is 15.1 Å². The lowest BCUT2D eigenvalue weighted by atomic mass is 10.1. The topological polar surface area (TPSA) is 111 Å². The maximum absolute atomic E-state index is 11.9. The minimum absolute atomic E-state index is 0.0107. The Balaban J connectivity index is 1.34. The second kappa shape index (κ2) is 9.18. The van der Waals surface area contributed by atoms with Crippen LogP contribution in [0.25, 0.3) is 22.8 Å². The summed E-state index contributed by atoms with van der Waals surface area (Å²) in [6, 6.07) is 16.5. The van der Waals surface area contributed by atoms with Gasteiger partial charge in [-0.15, -0.1) is 0 Å². The van der Waals surface area contributed by atoms with E-state index >= 15 is 0 Å². The van der Waals surface area contributed by atoms with E-state index in [2.05, 4.69) is 20.0 Å². The molecule has 0 N–H and O–H groups in total. The van der Waals surface area contributed by atoms with E-state index in [0.29, 0.717) is 35.7 Å². The number of rotatable bonds is 6. The van der Waals surface area contributed by atoms with Crippen LogP contribution in [0.3, 0.4) is 0 Å². The Morgan fingerprint density at radius 3 is 2.44 bits per heavy atom. The van der Waals surface area contributed by atoms with Crippen LogP contribution < -0.4 is 14.5 Å². The zero-order chi connectivity index (χ0) is 23.5. The molecule has 0 saturated carbocycles. The first kappa shape index (κ1) is 21.4. The maximum Gasteiger partial charge on any atom is 0.293 e. The molecule has 0 aliphatic carbocycles. The Bertz CT molecular complexity index is 1280. The molecule has 10 heteroatoms. The Hall–Kier alpha value is -4.47. The zero-order valence-corrected chi connectivity index (χ0v) is 18.5. The van der Waals surface area contributed by atoms with Gasteiger partial charge in [-0.2, -0.15) is 4.98 Å². The molecule has 0 unspecified atom stereocenters. The summed E-state index contributed by atoms with van der Waals surface area (Å²) in [4.78, 5) is 24.3. The first-order valence-electron chi connectivity index (χ1n) is 10.8. The summed E-state index contributed by atoms with van der Waals surface area (Å²) < 4.78 is 10.6. The second-order valence-corrected chi connectivity index (χ2v) is 7.80. The van der Waals surface area contributed by atoms with Crippen LogP contribution in [-0.2, 0) is 0 Å². The summed E-state index contributed by atoms with van der Waals surface area (Å²) in [5.41, 5.74) is 2.89. The molecule has 172 valence electrons. The standard InChI is InChI=1S/C24H22N6O4/c1-33-20-7-5-19(6-8-20)28-11-13-29(14-12-28)21-9-4-17(15-22(21)30(31)32)24-26-23(27-34-24)18-3-2-10-25-16-18/h2-10,15-16H,11-14H2,1H3. The number of ether oxygens (including phenoxy) is 1. The van der Waals surface area contributed by atoms with Crippen molar-refractivity contribution in [2.45, 2.75) is 0 Å². The summed E-state index contributed by atoms with van der Waals surface area (Å²) in [6.07, 6.45) is 3.29. The van der Waals surface area contributed by atoms with Crippen LogP contribution in [0.5, 0.6) is 5.75 Å². The Morgan fingerprint density at radius 2 is 1.76 bits per heavy atom. The highest BCUT2D eigenvalue weighted by atomic mass is 16.6. The molecule has 3 heterocycles. The molecule has 10 nitrogen and oxygen atoms in total. The van der Waals surface area contributed by atoms with Crippen LogP contribution in [-0.4, -0.2) is 53.3 Å². The number of anilines is 2. The van der Waals surface area contributed by atoms with Crippen LogP contribution in [0.1, 0.15) is 0 Å². The van der Waals surface area contributed by atoms with Gasteiger partial charge >= 0.3 is 0 Å². The fourth-order valence-corrected chi connectivity index (χ4v) is 4.02. The average Bonchev–Trinajstić information content (AvgIpc) is 3.39. The molecule has 1 aliphatic heterocycles. The van der Waals surface area contributed by atoms with E-state index in [1.165, 1.54) is 6.07 Å². The van der Waals surface area contributed by atoms with Crippen LogP contribution in [0.15, 0.2) is 71.5 Å². The number of nitrogens with zero attached hydrogens (tertiary/aromatic N) is 6. The predicted molar refractivity (Wildman–Crippen MR) is 127 cm³/mol. The van der Waals surface area contributed by atoms with E-state index in [1.54, 1.807) is 37.7 Å². The molecule has 34 heavy (non-hydrogen) atoms. The van der Waals surface area contributed by atoms with Crippen molar-refractivity contribution in [2.75, 3.05) is 43.1 Å². The van der Waals surface area contributed by atoms with Gasteiger partial charge in [0.2, 0.25) is 5.82 Å². The van der Waals surface area contributed by atoms with E-state index in [-0.39, 0.29) is 16.5 Å². The summed E-state index contributed by atoms with van der Waals surface area (Å²) in [7, 11) is 1.64. The van der Waals surface area contributed by atoms with Gasteiger partial charge in [0.1, 0.15) is 11.4 Å². The van der Waals surface area contributed by atoms with Crippen LogP contribution in [0.2, 0.25) is 0 Å². The van der Waals surface area contributed by atoms with E-state index in [1.807, 2.05) is 35.2 Å². The third kappa shape index (κ3) is 4.25. The molecule has 0 radical (unpaired) electrons. The van der Waals surface area contributed by atoms with Crippen molar-refractivity contribution >= 4 is 17.1 Å². The van der Waals surface area contributed by atoms with Crippen molar-refractivity contribution in [1.29, 1.82) is 0 Å². The second-order valence-electron chi connectivity index (χ2n) is 7.80. The van der Waals surface area contributed by atoms with Gasteiger partial charge in [0.05, 0.1) is 12.0 Å². The normalized spacial score (nSPS) is 13.7. The van der Waals surface area contributed by atoms with Crippen LogP contribution in [0.4, 0.5) is 17.1 Å². The quantitative estimate of drug-likeness (QED) is 0.312. The first-order valence-corrected chi connectivity index (χ1v) is 10.8. The van der Waals surface area contributed by atoms with Gasteiger partial charge in [0.15, 0.2) is 0 Å². The molecule has 0 amide bonds. The molecular weight excluding hydrogens is 436 g/mol. The number of pyridine rings is 1. The van der Waals surface area contributed by atoms with Gasteiger partial charge in [-0.05, 0) is 48.5 Å². The fourth-order valence-electron chi connectivity index (χ4n) is 4.02. The highest BCUT2D eigenvalue weighted by Crippen LogP contribution is 2.34. The fraction of sp³-hybridized carbons (Fsp3) is 0.208. The summed E-state index contributed by atoms with van der Waals surface area (Å²) in [6.45, 7) is 2.84. The number of nitro groups is 1.